The van der Waals surface area contributed by atoms with Crippen LogP contribution < -0.4 is 0 Å². The van der Waals surface area contributed by atoms with Gasteiger partial charge in [-0.2, -0.15) is 3.22 Å². The molecule has 0 rings (SSSR count). The molecule has 0 aliphatic heterocycles. The van der Waals surface area contributed by atoms with Crippen LogP contribution in [0.2, 0.25) is 0 Å². The molecule has 0 spiro atoms. The summed E-state index contributed by atoms with van der Waals surface area (Å²) in [7, 11) is 0. The normalized spacial score (nSPS) is 11.7. The number of hydrogen-bond donors (Lipinski definition) is 1. The Hall–Kier alpha value is 0.610. The smallest absolute Gasteiger partial charge is 0.155 e. The van der Waals surface area contributed by atoms with Gasteiger partial charge in [0, 0.05) is 1.43 Å². The van der Waals surface area contributed by atoms with Gasteiger partial charge in [0.25, 0.3) is 0 Å². The number of aliphatic hydroxyl groups excluding tert-OH is 1. The fraction of sp³-hybridized carbons (Fsp3) is 1.00. The second-order valence-electron chi connectivity index (χ2n) is 1.52. The highest BCUT2D eigenvalue weighted by molar-refractivity contribution is 14.1. The summed E-state index contributed by atoms with van der Waals surface area (Å²) in [5.41, 5.74) is 0. The zero-order valence-corrected chi connectivity index (χ0v) is 8.79. The van der Waals surface area contributed by atoms with Gasteiger partial charge in [-0.05, 0) is 13.3 Å². The summed E-state index contributed by atoms with van der Waals surface area (Å²) in [5, 5.41) is 8.64. The zero-order chi connectivity index (χ0) is 8.41. The molecule has 3 nitrogen and oxygen atoms in total. The lowest BCUT2D eigenvalue weighted by Crippen LogP contribution is -2.03. The molecule has 1 N–H and O–H groups in total. The second-order valence-corrected chi connectivity index (χ2v) is 1.88. The molecule has 0 fully saturated rings. The van der Waals surface area contributed by atoms with Crippen molar-refractivity contribution in [2.24, 2.45) is 0 Å². The minimum absolute atomic E-state index is 0. The molecule has 0 aromatic carbocycles. The molecule has 66 valence electrons. The third kappa shape index (κ3) is 15.8. The Morgan fingerprint density at radius 2 is 2.10 bits per heavy atom. The standard InChI is InChI=1S/C4H9IO3.C2H6.H2/c1-4(6)2-3-7-8-5;1-2;/h4,6H,2-3H2,1H3;1-2H3;1H. The Balaban J connectivity index is -0.000000196. The highest BCUT2D eigenvalue weighted by Gasteiger charge is 1.93. The molecule has 4 heteroatoms. The van der Waals surface area contributed by atoms with E-state index in [0.29, 0.717) is 13.0 Å². The minimum Gasteiger partial charge on any atom is -0.393 e. The number of hydrogen-bond acceptors (Lipinski definition) is 3. The van der Waals surface area contributed by atoms with Crippen molar-refractivity contribution in [2.45, 2.75) is 33.3 Å². The average molecular weight is 264 g/mol. The molecule has 0 aromatic heterocycles. The molecule has 0 saturated carbocycles. The quantitative estimate of drug-likeness (QED) is 0.366. The van der Waals surface area contributed by atoms with E-state index in [1.807, 2.05) is 13.8 Å². The SMILES string of the molecule is CC.CC(O)CCOOI.[HH]. The molecule has 0 bridgehead atoms. The predicted octanol–water partition coefficient (Wildman–Crippen LogP) is 2.33. The van der Waals surface area contributed by atoms with Gasteiger partial charge in [0.15, 0.2) is 23.0 Å². The molecule has 0 saturated heterocycles. The predicted molar refractivity (Wildman–Crippen MR) is 50.8 cm³/mol. The molecule has 10 heavy (non-hydrogen) atoms. The maximum atomic E-state index is 8.64. The summed E-state index contributed by atoms with van der Waals surface area (Å²) in [4.78, 5) is 4.47. The van der Waals surface area contributed by atoms with Crippen LogP contribution in [0.1, 0.15) is 28.6 Å². The summed E-state index contributed by atoms with van der Waals surface area (Å²) in [6, 6.07) is 0. The van der Waals surface area contributed by atoms with E-state index in [2.05, 4.69) is 8.10 Å². The van der Waals surface area contributed by atoms with Crippen LogP contribution in [-0.4, -0.2) is 17.8 Å². The van der Waals surface area contributed by atoms with Crippen LogP contribution in [0.15, 0.2) is 0 Å². The molecule has 1 unspecified atom stereocenters. The van der Waals surface area contributed by atoms with Crippen LogP contribution in [0, 0.1) is 0 Å². The van der Waals surface area contributed by atoms with Gasteiger partial charge >= 0.3 is 0 Å². The number of halogens is 1. The Bertz CT molecular complexity index is 55.1. The van der Waals surface area contributed by atoms with E-state index >= 15 is 0 Å². The second kappa shape index (κ2) is 12.3. The van der Waals surface area contributed by atoms with Crippen molar-refractivity contribution in [3.63, 3.8) is 0 Å². The van der Waals surface area contributed by atoms with Crippen LogP contribution in [0.25, 0.3) is 0 Å². The van der Waals surface area contributed by atoms with Gasteiger partial charge < -0.3 is 5.11 Å². The topological polar surface area (TPSA) is 38.7 Å². The molecule has 0 amide bonds. The van der Waals surface area contributed by atoms with Crippen molar-refractivity contribution >= 4 is 23.0 Å². The Kier molecular flexibility index (Phi) is 16.3. The van der Waals surface area contributed by atoms with E-state index < -0.39 is 0 Å². The van der Waals surface area contributed by atoms with Crippen molar-refractivity contribution in [1.29, 1.82) is 0 Å². The van der Waals surface area contributed by atoms with Crippen molar-refractivity contribution in [3.8, 4) is 0 Å². The summed E-state index contributed by atoms with van der Waals surface area (Å²) in [5.74, 6) is 0. The lowest BCUT2D eigenvalue weighted by Gasteiger charge is -1.99. The number of rotatable bonds is 4. The number of aliphatic hydroxyl groups is 1. The average Bonchev–Trinajstić information content (AvgIpc) is 1.92. The lowest BCUT2D eigenvalue weighted by atomic mass is 10.3. The van der Waals surface area contributed by atoms with Gasteiger partial charge in [0.1, 0.15) is 0 Å². The minimum atomic E-state index is -0.304. The first kappa shape index (κ1) is 13.2. The Labute approximate surface area is 77.8 Å². The van der Waals surface area contributed by atoms with E-state index in [-0.39, 0.29) is 7.53 Å². The molecule has 0 heterocycles. The summed E-state index contributed by atoms with van der Waals surface area (Å²) in [6.07, 6.45) is 0.310. The molecular formula is C6H17IO3. The van der Waals surface area contributed by atoms with Gasteiger partial charge in [0.05, 0.1) is 12.7 Å². The van der Waals surface area contributed by atoms with E-state index in [1.54, 1.807) is 29.9 Å². The zero-order valence-electron chi connectivity index (χ0n) is 6.63. The third-order valence-electron chi connectivity index (χ3n) is 0.664. The molecule has 0 radical (unpaired) electrons. The van der Waals surface area contributed by atoms with Crippen LogP contribution in [-0.2, 0) is 8.10 Å². The molecular weight excluding hydrogens is 247 g/mol. The van der Waals surface area contributed by atoms with E-state index in [0.717, 1.165) is 0 Å². The molecule has 1 atom stereocenters. The first-order chi connectivity index (χ1) is 4.77. The van der Waals surface area contributed by atoms with Crippen molar-refractivity contribution in [1.82, 2.24) is 0 Å². The third-order valence-corrected chi connectivity index (χ3v) is 0.918. The molecule has 0 aliphatic carbocycles. The summed E-state index contributed by atoms with van der Waals surface area (Å²) in [6.45, 7) is 6.15. The van der Waals surface area contributed by atoms with Gasteiger partial charge in [0.2, 0.25) is 0 Å². The first-order valence-electron chi connectivity index (χ1n) is 3.35. The van der Waals surface area contributed by atoms with Crippen LogP contribution in [0.5, 0.6) is 0 Å². The monoisotopic (exact) mass is 264 g/mol. The first-order valence-corrected chi connectivity index (χ1v) is 4.23. The summed E-state index contributed by atoms with van der Waals surface area (Å²) < 4.78 is 4.25. The summed E-state index contributed by atoms with van der Waals surface area (Å²) >= 11 is 1.63. The highest BCUT2D eigenvalue weighted by Crippen LogP contribution is 1.93. The van der Waals surface area contributed by atoms with Crippen molar-refractivity contribution in [2.75, 3.05) is 6.61 Å². The van der Waals surface area contributed by atoms with E-state index in [1.165, 1.54) is 0 Å². The van der Waals surface area contributed by atoms with Crippen molar-refractivity contribution in [3.05, 3.63) is 0 Å². The fourth-order valence-electron chi connectivity index (χ4n) is 0.250. The van der Waals surface area contributed by atoms with Crippen LogP contribution >= 0.6 is 23.0 Å². The van der Waals surface area contributed by atoms with E-state index in [9.17, 15) is 0 Å². The lowest BCUT2D eigenvalue weighted by molar-refractivity contribution is -0.170. The van der Waals surface area contributed by atoms with Crippen molar-refractivity contribution < 1.29 is 14.6 Å². The Morgan fingerprint density at radius 3 is 2.40 bits per heavy atom. The molecule has 0 aliphatic rings. The van der Waals surface area contributed by atoms with Gasteiger partial charge in [-0.1, -0.05) is 13.8 Å². The maximum absolute atomic E-state index is 8.64. The van der Waals surface area contributed by atoms with Gasteiger partial charge in [-0.25, -0.2) is 4.89 Å². The maximum Gasteiger partial charge on any atom is 0.155 e. The molecule has 0 aromatic rings. The van der Waals surface area contributed by atoms with Gasteiger partial charge in [-0.3, -0.25) is 0 Å². The van der Waals surface area contributed by atoms with Crippen LogP contribution in [0.3, 0.4) is 0 Å². The largest absolute Gasteiger partial charge is 0.393 e. The highest BCUT2D eigenvalue weighted by atomic mass is 127. The fourth-order valence-corrected chi connectivity index (χ4v) is 0.430. The Morgan fingerprint density at radius 1 is 1.60 bits per heavy atom. The van der Waals surface area contributed by atoms with Gasteiger partial charge in [-0.15, -0.1) is 0 Å². The van der Waals surface area contributed by atoms with Crippen LogP contribution in [0.4, 0.5) is 0 Å². The van der Waals surface area contributed by atoms with E-state index in [4.69, 9.17) is 5.11 Å².